The highest BCUT2D eigenvalue weighted by Gasteiger charge is 2.20. The van der Waals surface area contributed by atoms with E-state index in [4.69, 9.17) is 21.1 Å². The van der Waals surface area contributed by atoms with Crippen LogP contribution in [-0.4, -0.2) is 25.1 Å². The first-order valence-electron chi connectivity index (χ1n) is 7.32. The molecule has 0 fully saturated rings. The fourth-order valence-corrected chi connectivity index (χ4v) is 2.16. The molecule has 0 unspecified atom stereocenters. The average Bonchev–Trinajstić information content (AvgIpc) is 2.55. The van der Waals surface area contributed by atoms with Gasteiger partial charge in [0.25, 0.3) is 5.91 Å². The molecule has 0 bridgehead atoms. The monoisotopic (exact) mass is 347 g/mol. The number of carbonyl (C=O) groups excluding carboxylic acids is 2. The van der Waals surface area contributed by atoms with Crippen molar-refractivity contribution in [3.63, 3.8) is 0 Å². The maximum atomic E-state index is 12.2. The van der Waals surface area contributed by atoms with E-state index in [1.807, 2.05) is 6.92 Å². The summed E-state index contributed by atoms with van der Waals surface area (Å²) in [6, 6.07) is 11.8. The first kappa shape index (κ1) is 17.8. The molecule has 0 saturated carbocycles. The summed E-state index contributed by atoms with van der Waals surface area (Å²) in [5, 5.41) is 3.10. The number of benzene rings is 2. The Hall–Kier alpha value is -2.53. The van der Waals surface area contributed by atoms with Crippen LogP contribution in [-0.2, 0) is 9.53 Å². The number of anilines is 1. The van der Waals surface area contributed by atoms with Gasteiger partial charge in [-0.1, -0.05) is 29.3 Å². The van der Waals surface area contributed by atoms with Gasteiger partial charge in [0.15, 0.2) is 6.10 Å². The molecule has 0 aromatic heterocycles. The number of carbonyl (C=O) groups is 2. The molecule has 5 nitrogen and oxygen atoms in total. The number of methoxy groups -OCH3 is 1. The first-order chi connectivity index (χ1) is 11.4. The Morgan fingerprint density at radius 3 is 2.42 bits per heavy atom. The Morgan fingerprint density at radius 2 is 1.79 bits per heavy atom. The molecule has 0 radical (unpaired) electrons. The van der Waals surface area contributed by atoms with E-state index in [9.17, 15) is 9.59 Å². The zero-order valence-electron chi connectivity index (χ0n) is 13.6. The molecule has 6 heteroatoms. The van der Waals surface area contributed by atoms with Gasteiger partial charge in [-0.15, -0.1) is 0 Å². The van der Waals surface area contributed by atoms with Crippen LogP contribution in [0.2, 0.25) is 5.02 Å². The lowest BCUT2D eigenvalue weighted by Crippen LogP contribution is -2.30. The minimum Gasteiger partial charge on any atom is -0.495 e. The van der Waals surface area contributed by atoms with Crippen LogP contribution in [0.15, 0.2) is 42.5 Å². The molecule has 24 heavy (non-hydrogen) atoms. The molecule has 2 aromatic rings. The van der Waals surface area contributed by atoms with Crippen molar-refractivity contribution >= 4 is 29.2 Å². The van der Waals surface area contributed by atoms with Crippen LogP contribution < -0.4 is 10.1 Å². The normalized spacial score (nSPS) is 11.5. The molecule has 0 aliphatic rings. The average molecular weight is 348 g/mol. The number of rotatable bonds is 5. The molecule has 2 rings (SSSR count). The van der Waals surface area contributed by atoms with Crippen molar-refractivity contribution in [3.05, 3.63) is 58.6 Å². The number of hydrogen-bond acceptors (Lipinski definition) is 4. The minimum absolute atomic E-state index is 0.389. The molecule has 0 aliphatic heterocycles. The lowest BCUT2D eigenvalue weighted by Gasteiger charge is -2.15. The highest BCUT2D eigenvalue weighted by atomic mass is 35.5. The second-order valence-electron chi connectivity index (χ2n) is 5.25. The number of esters is 1. The zero-order chi connectivity index (χ0) is 17.7. The quantitative estimate of drug-likeness (QED) is 0.834. The molecule has 0 spiro atoms. The summed E-state index contributed by atoms with van der Waals surface area (Å²) >= 11 is 5.92. The highest BCUT2D eigenvalue weighted by Crippen LogP contribution is 2.27. The van der Waals surface area contributed by atoms with Crippen molar-refractivity contribution < 1.29 is 19.1 Å². The third-order valence-electron chi connectivity index (χ3n) is 3.36. The maximum Gasteiger partial charge on any atom is 0.338 e. The van der Waals surface area contributed by atoms with Gasteiger partial charge in [0.2, 0.25) is 0 Å². The Balaban J connectivity index is 2.03. The molecule has 0 heterocycles. The highest BCUT2D eigenvalue weighted by molar-refractivity contribution is 6.31. The van der Waals surface area contributed by atoms with E-state index >= 15 is 0 Å². The minimum atomic E-state index is -0.970. The summed E-state index contributed by atoms with van der Waals surface area (Å²) < 4.78 is 10.4. The second kappa shape index (κ2) is 7.84. The van der Waals surface area contributed by atoms with Gasteiger partial charge in [-0.3, -0.25) is 4.79 Å². The maximum absolute atomic E-state index is 12.2. The van der Waals surface area contributed by atoms with E-state index in [1.165, 1.54) is 14.0 Å². The van der Waals surface area contributed by atoms with Crippen molar-refractivity contribution in [2.75, 3.05) is 12.4 Å². The summed E-state index contributed by atoms with van der Waals surface area (Å²) in [6.07, 6.45) is -0.970. The van der Waals surface area contributed by atoms with Crippen molar-refractivity contribution in [1.82, 2.24) is 0 Å². The van der Waals surface area contributed by atoms with E-state index in [0.717, 1.165) is 5.56 Å². The third-order valence-corrected chi connectivity index (χ3v) is 3.59. The van der Waals surface area contributed by atoms with Gasteiger partial charge in [0.1, 0.15) is 5.75 Å². The van der Waals surface area contributed by atoms with Crippen LogP contribution in [0.1, 0.15) is 22.8 Å². The van der Waals surface area contributed by atoms with Gasteiger partial charge in [-0.05, 0) is 44.2 Å². The molecule has 0 saturated heterocycles. The van der Waals surface area contributed by atoms with Gasteiger partial charge in [-0.25, -0.2) is 4.79 Å². The van der Waals surface area contributed by atoms with Crippen molar-refractivity contribution in [1.29, 1.82) is 0 Å². The lowest BCUT2D eigenvalue weighted by molar-refractivity contribution is -0.123. The molecule has 0 aliphatic carbocycles. The largest absolute Gasteiger partial charge is 0.495 e. The second-order valence-corrected chi connectivity index (χ2v) is 5.68. The molecular weight excluding hydrogens is 330 g/mol. The molecule has 1 atom stereocenters. The van der Waals surface area contributed by atoms with Crippen LogP contribution in [0.5, 0.6) is 5.75 Å². The Kier molecular flexibility index (Phi) is 5.82. The van der Waals surface area contributed by atoms with Crippen molar-refractivity contribution in [2.45, 2.75) is 20.0 Å². The summed E-state index contributed by atoms with van der Waals surface area (Å²) in [4.78, 5) is 24.3. The van der Waals surface area contributed by atoms with E-state index in [1.54, 1.807) is 42.5 Å². The number of amides is 1. The summed E-state index contributed by atoms with van der Waals surface area (Å²) in [5.41, 5.74) is 1.83. The molecular formula is C18H18ClNO4. The fraction of sp³-hybridized carbons (Fsp3) is 0.222. The van der Waals surface area contributed by atoms with Gasteiger partial charge >= 0.3 is 5.97 Å². The number of nitrogens with one attached hydrogen (secondary N) is 1. The predicted molar refractivity (Wildman–Crippen MR) is 92.7 cm³/mol. The fourth-order valence-electron chi connectivity index (χ4n) is 1.98. The Labute approximate surface area is 145 Å². The standard InChI is InChI=1S/C18H18ClNO4/c1-11-4-6-13(7-5-11)18(22)24-12(2)17(21)20-15-10-14(19)8-9-16(15)23-3/h4-10,12H,1-3H3,(H,20,21)/t12-/m1/s1. The predicted octanol–water partition coefficient (Wildman–Crippen LogP) is 3.84. The third kappa shape index (κ3) is 4.49. The number of hydrogen-bond donors (Lipinski definition) is 1. The van der Waals surface area contributed by atoms with Crippen LogP contribution in [0.4, 0.5) is 5.69 Å². The first-order valence-corrected chi connectivity index (χ1v) is 7.70. The van der Waals surface area contributed by atoms with E-state index in [2.05, 4.69) is 5.32 Å². The number of halogens is 1. The smallest absolute Gasteiger partial charge is 0.338 e. The van der Waals surface area contributed by atoms with Crippen molar-refractivity contribution in [3.8, 4) is 5.75 Å². The van der Waals surface area contributed by atoms with Crippen molar-refractivity contribution in [2.24, 2.45) is 0 Å². The van der Waals surface area contributed by atoms with E-state index in [-0.39, 0.29) is 0 Å². The van der Waals surface area contributed by atoms with Gasteiger partial charge < -0.3 is 14.8 Å². The van der Waals surface area contributed by atoms with Crippen LogP contribution >= 0.6 is 11.6 Å². The SMILES string of the molecule is COc1ccc(Cl)cc1NC(=O)[C@@H](C)OC(=O)c1ccc(C)cc1. The Morgan fingerprint density at radius 1 is 1.12 bits per heavy atom. The van der Waals surface area contributed by atoms with E-state index in [0.29, 0.717) is 22.0 Å². The lowest BCUT2D eigenvalue weighted by atomic mass is 10.1. The van der Waals surface area contributed by atoms with Crippen LogP contribution in [0.3, 0.4) is 0 Å². The molecule has 126 valence electrons. The van der Waals surface area contributed by atoms with Gasteiger partial charge in [0.05, 0.1) is 18.4 Å². The van der Waals surface area contributed by atoms with E-state index < -0.39 is 18.0 Å². The van der Waals surface area contributed by atoms with Gasteiger partial charge in [0, 0.05) is 5.02 Å². The van der Waals surface area contributed by atoms with Crippen LogP contribution in [0.25, 0.3) is 0 Å². The van der Waals surface area contributed by atoms with Gasteiger partial charge in [-0.2, -0.15) is 0 Å². The summed E-state index contributed by atoms with van der Waals surface area (Å²) in [5.74, 6) is -0.573. The van der Waals surface area contributed by atoms with Crippen LogP contribution in [0, 0.1) is 6.92 Å². The topological polar surface area (TPSA) is 64.6 Å². The Bertz CT molecular complexity index is 743. The number of aryl methyl sites for hydroxylation is 1. The molecule has 1 N–H and O–H groups in total. The summed E-state index contributed by atoms with van der Waals surface area (Å²) in [6.45, 7) is 3.42. The molecule has 1 amide bonds. The summed E-state index contributed by atoms with van der Waals surface area (Å²) in [7, 11) is 1.49. The number of ether oxygens (including phenoxy) is 2. The zero-order valence-corrected chi connectivity index (χ0v) is 14.4. The molecule has 2 aromatic carbocycles.